The molecule has 2 aliphatic heterocycles. The molecule has 0 aromatic rings. The highest BCUT2D eigenvalue weighted by atomic mass is 28.3. The molecule has 0 aliphatic carbocycles. The van der Waals surface area contributed by atoms with Gasteiger partial charge in [0.1, 0.15) is 14.2 Å². The van der Waals surface area contributed by atoms with Crippen LogP contribution in [-0.4, -0.2) is 44.7 Å². The van der Waals surface area contributed by atoms with E-state index in [0.717, 1.165) is 5.38 Å². The predicted molar refractivity (Wildman–Crippen MR) is 69.0 cm³/mol. The van der Waals surface area contributed by atoms with E-state index in [1.807, 2.05) is 26.0 Å². The Morgan fingerprint density at radius 3 is 2.41 bits per heavy atom. The van der Waals surface area contributed by atoms with Crippen molar-refractivity contribution in [3.63, 3.8) is 0 Å². The second kappa shape index (κ2) is 4.09. The first kappa shape index (κ1) is 13.1. The molecule has 1 fully saturated rings. The van der Waals surface area contributed by atoms with Crippen molar-refractivity contribution in [3.05, 3.63) is 11.5 Å². The van der Waals surface area contributed by atoms with Crippen LogP contribution < -0.4 is 0 Å². The molecule has 0 spiro atoms. The molecule has 0 bridgehead atoms. The third-order valence-electron chi connectivity index (χ3n) is 3.13. The number of hydrogen-bond acceptors (Lipinski definition) is 4. The van der Waals surface area contributed by atoms with E-state index >= 15 is 0 Å². The summed E-state index contributed by atoms with van der Waals surface area (Å²) >= 11 is 0. The number of rotatable bonds is 2. The largest absolute Gasteiger partial charge is 0.416 e. The molecule has 2 heterocycles. The second-order valence-corrected chi connectivity index (χ2v) is 11.3. The van der Waals surface area contributed by atoms with E-state index in [1.54, 1.807) is 0 Å². The molecule has 2 aliphatic rings. The van der Waals surface area contributed by atoms with Crippen molar-refractivity contribution in [1.29, 1.82) is 0 Å². The summed E-state index contributed by atoms with van der Waals surface area (Å²) in [7, 11) is 0.568. The Morgan fingerprint density at radius 2 is 2.00 bits per heavy atom. The summed E-state index contributed by atoms with van der Waals surface area (Å²) in [6.45, 7) is 11.4. The number of ether oxygens (including phenoxy) is 2. The molecular formula is C12H23NO3Si. The van der Waals surface area contributed by atoms with Gasteiger partial charge in [0, 0.05) is 7.05 Å². The highest BCUT2D eigenvalue weighted by Crippen LogP contribution is 2.32. The van der Waals surface area contributed by atoms with Crippen LogP contribution in [0.3, 0.4) is 0 Å². The quantitative estimate of drug-likeness (QED) is 0.709. The molecule has 2 atom stereocenters. The van der Waals surface area contributed by atoms with Crippen LogP contribution in [0.25, 0.3) is 0 Å². The zero-order valence-electron chi connectivity index (χ0n) is 11.6. The molecule has 0 amide bonds. The Balaban J connectivity index is 2.10. The summed E-state index contributed by atoms with van der Waals surface area (Å²) in [6, 6.07) is 0.165. The van der Waals surface area contributed by atoms with E-state index < -0.39 is 13.9 Å². The predicted octanol–water partition coefficient (Wildman–Crippen LogP) is 2.14. The average molecular weight is 257 g/mol. The van der Waals surface area contributed by atoms with Gasteiger partial charge in [0.15, 0.2) is 5.79 Å². The van der Waals surface area contributed by atoms with E-state index in [9.17, 15) is 0 Å². The maximum Gasteiger partial charge on any atom is 0.163 e. The normalized spacial score (nSPS) is 33.6. The SMILES string of the molecule is CN1OC([Si](C)(C)C)=C[C@@H]1[C@@H]1COC(C)(C)O1. The van der Waals surface area contributed by atoms with Crippen LogP contribution in [0.15, 0.2) is 11.5 Å². The first-order chi connectivity index (χ1) is 7.69. The van der Waals surface area contributed by atoms with Crippen LogP contribution in [0.5, 0.6) is 0 Å². The lowest BCUT2D eigenvalue weighted by molar-refractivity contribution is -0.162. The summed E-state index contributed by atoms with van der Waals surface area (Å²) in [5, 5.41) is 3.03. The van der Waals surface area contributed by atoms with E-state index in [1.165, 1.54) is 0 Å². The second-order valence-electron chi connectivity index (χ2n) is 6.28. The fourth-order valence-corrected chi connectivity index (χ4v) is 3.21. The van der Waals surface area contributed by atoms with Gasteiger partial charge in [-0.15, -0.1) is 5.06 Å². The van der Waals surface area contributed by atoms with Crippen molar-refractivity contribution in [2.24, 2.45) is 0 Å². The van der Waals surface area contributed by atoms with Gasteiger partial charge in [0.05, 0.1) is 18.0 Å². The topological polar surface area (TPSA) is 30.9 Å². The minimum absolute atomic E-state index is 0.0591. The van der Waals surface area contributed by atoms with Gasteiger partial charge < -0.3 is 14.3 Å². The van der Waals surface area contributed by atoms with Gasteiger partial charge in [0.2, 0.25) is 0 Å². The van der Waals surface area contributed by atoms with E-state index in [0.29, 0.717) is 6.61 Å². The van der Waals surface area contributed by atoms with Crippen molar-refractivity contribution in [3.8, 4) is 0 Å². The minimum Gasteiger partial charge on any atom is -0.416 e. The first-order valence-electron chi connectivity index (χ1n) is 6.14. The third kappa shape index (κ3) is 2.73. The smallest absolute Gasteiger partial charge is 0.163 e. The van der Waals surface area contributed by atoms with Gasteiger partial charge in [-0.25, -0.2) is 0 Å². The summed E-state index contributed by atoms with van der Waals surface area (Å²) in [6.07, 6.45) is 2.27. The lowest BCUT2D eigenvalue weighted by Gasteiger charge is -2.25. The molecule has 0 radical (unpaired) electrons. The van der Waals surface area contributed by atoms with E-state index in [-0.39, 0.29) is 12.1 Å². The van der Waals surface area contributed by atoms with Gasteiger partial charge in [0.25, 0.3) is 0 Å². The molecule has 2 rings (SSSR count). The van der Waals surface area contributed by atoms with Crippen molar-refractivity contribution in [2.75, 3.05) is 13.7 Å². The highest BCUT2D eigenvalue weighted by Gasteiger charge is 2.42. The van der Waals surface area contributed by atoms with Crippen LogP contribution in [0, 0.1) is 0 Å². The average Bonchev–Trinajstić information content (AvgIpc) is 2.68. The van der Waals surface area contributed by atoms with Crippen LogP contribution in [-0.2, 0) is 14.3 Å². The Labute approximate surface area is 104 Å². The number of likely N-dealkylation sites (N-methyl/N-ethyl adjacent to an activating group) is 1. The van der Waals surface area contributed by atoms with Gasteiger partial charge in [-0.2, -0.15) is 0 Å². The molecule has 0 N–H and O–H groups in total. The summed E-state index contributed by atoms with van der Waals surface area (Å²) in [5.74, 6) is -0.471. The maximum atomic E-state index is 5.89. The van der Waals surface area contributed by atoms with Crippen LogP contribution in [0.2, 0.25) is 19.6 Å². The fourth-order valence-electron chi connectivity index (χ4n) is 2.12. The van der Waals surface area contributed by atoms with Gasteiger partial charge in [-0.05, 0) is 19.9 Å². The fraction of sp³-hybridized carbons (Fsp3) is 0.833. The molecule has 17 heavy (non-hydrogen) atoms. The maximum absolute atomic E-state index is 5.89. The third-order valence-corrected chi connectivity index (χ3v) is 4.87. The van der Waals surface area contributed by atoms with Crippen molar-refractivity contribution in [1.82, 2.24) is 5.06 Å². The summed E-state index contributed by atoms with van der Waals surface area (Å²) in [4.78, 5) is 5.84. The molecule has 0 saturated carbocycles. The standard InChI is InChI=1S/C12H23NO3Si/c1-12(2)14-8-10(15-12)9-7-11(16-13(9)3)17(4,5)6/h7,9-10H,8H2,1-6H3/t9-,10+/m1/s1. The van der Waals surface area contributed by atoms with Crippen LogP contribution >= 0.6 is 0 Å². The molecule has 0 aromatic heterocycles. The summed E-state index contributed by atoms with van der Waals surface area (Å²) in [5.41, 5.74) is 0. The minimum atomic E-state index is -1.39. The lowest BCUT2D eigenvalue weighted by Crippen LogP contribution is -2.38. The van der Waals surface area contributed by atoms with E-state index in [4.69, 9.17) is 14.3 Å². The zero-order valence-corrected chi connectivity index (χ0v) is 12.6. The van der Waals surface area contributed by atoms with Gasteiger partial charge in [-0.3, -0.25) is 0 Å². The van der Waals surface area contributed by atoms with Crippen LogP contribution in [0.4, 0.5) is 0 Å². The van der Waals surface area contributed by atoms with Crippen molar-refractivity contribution in [2.45, 2.75) is 51.4 Å². The molecule has 1 saturated heterocycles. The monoisotopic (exact) mass is 257 g/mol. The Hall–Kier alpha value is -0.363. The highest BCUT2D eigenvalue weighted by molar-refractivity contribution is 6.82. The number of nitrogens with zero attached hydrogens (tertiary/aromatic N) is 1. The Morgan fingerprint density at radius 1 is 1.35 bits per heavy atom. The number of hydroxylamine groups is 2. The molecular weight excluding hydrogens is 234 g/mol. The molecule has 4 nitrogen and oxygen atoms in total. The van der Waals surface area contributed by atoms with Gasteiger partial charge >= 0.3 is 0 Å². The lowest BCUT2D eigenvalue weighted by atomic mass is 10.2. The molecule has 5 heteroatoms. The zero-order chi connectivity index (χ0) is 12.8. The van der Waals surface area contributed by atoms with Crippen LogP contribution in [0.1, 0.15) is 13.8 Å². The number of hydrogen-bond donors (Lipinski definition) is 0. The molecule has 0 aromatic carbocycles. The van der Waals surface area contributed by atoms with Crippen molar-refractivity contribution < 1.29 is 14.3 Å². The van der Waals surface area contributed by atoms with Gasteiger partial charge in [-0.1, -0.05) is 19.6 Å². The Bertz CT molecular complexity index is 335. The molecule has 98 valence electrons. The van der Waals surface area contributed by atoms with E-state index in [2.05, 4.69) is 25.7 Å². The van der Waals surface area contributed by atoms with Crippen molar-refractivity contribution >= 4 is 8.07 Å². The Kier molecular flexibility index (Phi) is 3.14. The summed E-state index contributed by atoms with van der Waals surface area (Å²) < 4.78 is 11.5. The molecule has 0 unspecified atom stereocenters. The first-order valence-corrected chi connectivity index (χ1v) is 9.64.